The summed E-state index contributed by atoms with van der Waals surface area (Å²) in [6, 6.07) is 15.2. The Labute approximate surface area is 128 Å². The number of nitrogens with one attached hydrogen (secondary N) is 1. The normalized spacial score (nSPS) is 16.7. The lowest BCUT2D eigenvalue weighted by atomic mass is 9.91. The summed E-state index contributed by atoms with van der Waals surface area (Å²) in [6.07, 6.45) is 0.760. The van der Waals surface area contributed by atoms with Crippen LogP contribution >= 0.6 is 11.6 Å². The van der Waals surface area contributed by atoms with Crippen LogP contribution in [0.2, 0.25) is 5.02 Å². The van der Waals surface area contributed by atoms with Crippen molar-refractivity contribution in [3.63, 3.8) is 0 Å². The Hall–Kier alpha value is -2.00. The van der Waals surface area contributed by atoms with E-state index in [1.54, 1.807) is 12.1 Å². The predicted molar refractivity (Wildman–Crippen MR) is 83.5 cm³/mol. The minimum absolute atomic E-state index is 0.168. The molecule has 1 atom stereocenters. The maximum Gasteiger partial charge on any atom is 0.313 e. The molecule has 2 aromatic rings. The quantitative estimate of drug-likeness (QED) is 0.871. The molecule has 0 fully saturated rings. The molecule has 0 spiro atoms. The molecule has 0 radical (unpaired) electrons. The monoisotopic (exact) mass is 301 g/mol. The lowest BCUT2D eigenvalue weighted by molar-refractivity contribution is -0.147. The molecule has 1 N–H and O–H groups in total. The second-order valence-electron chi connectivity index (χ2n) is 5.09. The Bertz CT molecular complexity index is 639. The van der Waals surface area contributed by atoms with Crippen molar-refractivity contribution in [1.29, 1.82) is 0 Å². The molecule has 2 aromatic carbocycles. The summed E-state index contributed by atoms with van der Waals surface area (Å²) in [7, 11) is 0. The van der Waals surface area contributed by atoms with Crippen molar-refractivity contribution in [3.8, 4) is 0 Å². The first-order valence-corrected chi connectivity index (χ1v) is 7.36. The molecule has 3 nitrogen and oxygen atoms in total. The number of esters is 1. The molecule has 0 bridgehead atoms. The van der Waals surface area contributed by atoms with Crippen LogP contribution in [0.15, 0.2) is 48.5 Å². The molecule has 21 heavy (non-hydrogen) atoms. The van der Waals surface area contributed by atoms with Crippen molar-refractivity contribution in [3.05, 3.63) is 64.7 Å². The van der Waals surface area contributed by atoms with Gasteiger partial charge in [-0.2, -0.15) is 0 Å². The van der Waals surface area contributed by atoms with E-state index in [0.717, 1.165) is 29.8 Å². The number of fused-ring (bicyclic) bond motifs is 1. The minimum atomic E-state index is -0.185. The highest BCUT2D eigenvalue weighted by Crippen LogP contribution is 2.32. The third kappa shape index (κ3) is 3.19. The van der Waals surface area contributed by atoms with Crippen LogP contribution < -0.4 is 5.32 Å². The van der Waals surface area contributed by atoms with Gasteiger partial charge < -0.3 is 10.1 Å². The summed E-state index contributed by atoms with van der Waals surface area (Å²) in [5, 5.41) is 3.98. The number of benzene rings is 2. The van der Waals surface area contributed by atoms with E-state index >= 15 is 0 Å². The van der Waals surface area contributed by atoms with E-state index in [9.17, 15) is 4.79 Å². The third-order valence-electron chi connectivity index (χ3n) is 3.66. The molecule has 0 saturated heterocycles. The Balaban J connectivity index is 1.68. The van der Waals surface area contributed by atoms with Gasteiger partial charge in [-0.15, -0.1) is 0 Å². The summed E-state index contributed by atoms with van der Waals surface area (Å²) >= 11 is 5.84. The van der Waals surface area contributed by atoms with Crippen LogP contribution in [-0.4, -0.2) is 12.5 Å². The Morgan fingerprint density at radius 3 is 2.76 bits per heavy atom. The maximum absolute atomic E-state index is 12.3. The second kappa shape index (κ2) is 6.19. The summed E-state index contributed by atoms with van der Waals surface area (Å²) in [6.45, 7) is 1.07. The van der Waals surface area contributed by atoms with Gasteiger partial charge >= 0.3 is 5.97 Å². The SMILES string of the molecule is O=C(OCc1ccc(Cl)cc1)C1CCNc2ccccc21. The van der Waals surface area contributed by atoms with E-state index in [-0.39, 0.29) is 18.5 Å². The van der Waals surface area contributed by atoms with Crippen molar-refractivity contribution in [2.45, 2.75) is 18.9 Å². The molecule has 1 heterocycles. The average Bonchev–Trinajstić information content (AvgIpc) is 2.53. The number of carbonyl (C=O) groups excluding carboxylic acids is 1. The largest absolute Gasteiger partial charge is 0.460 e. The first kappa shape index (κ1) is 14.0. The van der Waals surface area contributed by atoms with Crippen LogP contribution in [0.3, 0.4) is 0 Å². The standard InChI is InChI=1S/C17H16ClNO2/c18-13-7-5-12(6-8-13)11-21-17(20)15-9-10-19-16-4-2-1-3-14(15)16/h1-8,15,19H,9-11H2. The molecule has 3 rings (SSSR count). The van der Waals surface area contributed by atoms with Gasteiger partial charge in [-0.1, -0.05) is 41.9 Å². The van der Waals surface area contributed by atoms with Crippen molar-refractivity contribution < 1.29 is 9.53 Å². The van der Waals surface area contributed by atoms with E-state index < -0.39 is 0 Å². The maximum atomic E-state index is 12.3. The van der Waals surface area contributed by atoms with Crippen molar-refractivity contribution in [2.24, 2.45) is 0 Å². The third-order valence-corrected chi connectivity index (χ3v) is 3.92. The van der Waals surface area contributed by atoms with Gasteiger partial charge in [0, 0.05) is 17.3 Å². The fourth-order valence-corrected chi connectivity index (χ4v) is 2.68. The van der Waals surface area contributed by atoms with Crippen LogP contribution in [0.4, 0.5) is 5.69 Å². The number of anilines is 1. The van der Waals surface area contributed by atoms with Gasteiger partial charge in [-0.3, -0.25) is 4.79 Å². The zero-order chi connectivity index (χ0) is 14.7. The van der Waals surface area contributed by atoms with Crippen molar-refractivity contribution >= 4 is 23.3 Å². The topological polar surface area (TPSA) is 38.3 Å². The number of hydrogen-bond acceptors (Lipinski definition) is 3. The first-order valence-electron chi connectivity index (χ1n) is 6.98. The van der Waals surface area contributed by atoms with Crippen molar-refractivity contribution in [1.82, 2.24) is 0 Å². The minimum Gasteiger partial charge on any atom is -0.460 e. The van der Waals surface area contributed by atoms with Crippen LogP contribution in [0.25, 0.3) is 0 Å². The van der Waals surface area contributed by atoms with Gasteiger partial charge in [0.2, 0.25) is 0 Å². The van der Waals surface area contributed by atoms with Crippen LogP contribution in [0.1, 0.15) is 23.5 Å². The fraction of sp³-hybridized carbons (Fsp3) is 0.235. The average molecular weight is 302 g/mol. The highest BCUT2D eigenvalue weighted by Gasteiger charge is 2.27. The summed E-state index contributed by atoms with van der Waals surface area (Å²) in [4.78, 5) is 12.3. The molecule has 1 aliphatic rings. The van der Waals surface area contributed by atoms with Gasteiger partial charge in [0.1, 0.15) is 6.61 Å². The molecule has 1 unspecified atom stereocenters. The molecule has 0 amide bonds. The van der Waals surface area contributed by atoms with Crippen LogP contribution in [0, 0.1) is 0 Å². The van der Waals surface area contributed by atoms with Crippen LogP contribution in [-0.2, 0) is 16.1 Å². The zero-order valence-electron chi connectivity index (χ0n) is 11.5. The van der Waals surface area contributed by atoms with Crippen molar-refractivity contribution in [2.75, 3.05) is 11.9 Å². The first-order chi connectivity index (χ1) is 10.2. The molecular formula is C17H16ClNO2. The molecule has 108 valence electrons. The highest BCUT2D eigenvalue weighted by atomic mass is 35.5. The number of rotatable bonds is 3. The molecular weight excluding hydrogens is 286 g/mol. The molecule has 0 aliphatic carbocycles. The van der Waals surface area contributed by atoms with E-state index in [2.05, 4.69) is 5.32 Å². The number of halogens is 1. The Morgan fingerprint density at radius 2 is 1.95 bits per heavy atom. The number of ether oxygens (including phenoxy) is 1. The number of hydrogen-bond donors (Lipinski definition) is 1. The predicted octanol–water partition coefficient (Wildman–Crippen LogP) is 3.98. The second-order valence-corrected chi connectivity index (χ2v) is 5.53. The molecule has 1 aliphatic heterocycles. The van der Waals surface area contributed by atoms with E-state index in [4.69, 9.17) is 16.3 Å². The smallest absolute Gasteiger partial charge is 0.313 e. The van der Waals surface area contributed by atoms with Crippen LogP contribution in [0.5, 0.6) is 0 Å². The lowest BCUT2D eigenvalue weighted by Gasteiger charge is -2.25. The fourth-order valence-electron chi connectivity index (χ4n) is 2.55. The highest BCUT2D eigenvalue weighted by molar-refractivity contribution is 6.30. The van der Waals surface area contributed by atoms with E-state index in [1.165, 1.54) is 0 Å². The van der Waals surface area contributed by atoms with Gasteiger partial charge in [0.25, 0.3) is 0 Å². The molecule has 0 saturated carbocycles. The summed E-state index contributed by atoms with van der Waals surface area (Å²) < 4.78 is 5.45. The summed E-state index contributed by atoms with van der Waals surface area (Å²) in [5.41, 5.74) is 2.98. The Kier molecular flexibility index (Phi) is 4.11. The van der Waals surface area contributed by atoms with Gasteiger partial charge in [-0.05, 0) is 35.7 Å². The molecule has 0 aromatic heterocycles. The van der Waals surface area contributed by atoms with E-state index in [0.29, 0.717) is 5.02 Å². The lowest BCUT2D eigenvalue weighted by Crippen LogP contribution is -2.24. The summed E-state index contributed by atoms with van der Waals surface area (Å²) in [5.74, 6) is -0.353. The Morgan fingerprint density at radius 1 is 1.19 bits per heavy atom. The van der Waals surface area contributed by atoms with Gasteiger partial charge in [0.05, 0.1) is 5.92 Å². The molecule has 4 heteroatoms. The van der Waals surface area contributed by atoms with E-state index in [1.807, 2.05) is 36.4 Å². The van der Waals surface area contributed by atoms with Gasteiger partial charge in [-0.25, -0.2) is 0 Å². The number of carbonyl (C=O) groups is 1. The number of para-hydroxylation sites is 1. The zero-order valence-corrected chi connectivity index (χ0v) is 12.3. The van der Waals surface area contributed by atoms with Gasteiger partial charge in [0.15, 0.2) is 0 Å².